The summed E-state index contributed by atoms with van der Waals surface area (Å²) in [6.45, 7) is 3.15. The fraction of sp³-hybridized carbons (Fsp3) is 0.636. The van der Waals surface area contributed by atoms with Crippen LogP contribution in [0.1, 0.15) is 89.1 Å². The van der Waals surface area contributed by atoms with Gasteiger partial charge in [-0.1, -0.05) is 65.7 Å². The van der Waals surface area contributed by atoms with Gasteiger partial charge in [0.2, 0.25) is 23.6 Å². The van der Waals surface area contributed by atoms with E-state index in [4.69, 9.17) is 15.2 Å². The summed E-state index contributed by atoms with van der Waals surface area (Å²) in [6, 6.07) is 6.91. The molecule has 14 nitrogen and oxygen atoms in total. The minimum absolute atomic E-state index is 0.0182. The average Bonchev–Trinajstić information content (AvgIpc) is 3.67. The lowest BCUT2D eigenvalue weighted by molar-refractivity contribution is -0.201. The van der Waals surface area contributed by atoms with Crippen LogP contribution in [0.3, 0.4) is 0 Å². The van der Waals surface area contributed by atoms with Crippen molar-refractivity contribution in [2.24, 2.45) is 45.7 Å². The van der Waals surface area contributed by atoms with E-state index in [0.717, 1.165) is 56.1 Å². The van der Waals surface area contributed by atoms with Crippen LogP contribution in [0.5, 0.6) is 0 Å². The lowest BCUT2D eigenvalue weighted by Gasteiger charge is -2.59. The molecule has 15 heteroatoms. The van der Waals surface area contributed by atoms with Gasteiger partial charge in [-0.05, 0) is 98.7 Å². The molecular formula is C44H55BrN4O10. The highest BCUT2D eigenvalue weighted by Gasteiger charge is 2.76. The predicted molar refractivity (Wildman–Crippen MR) is 216 cm³/mol. The van der Waals surface area contributed by atoms with E-state index in [2.05, 4.69) is 50.9 Å². The predicted octanol–water partition coefficient (Wildman–Crippen LogP) is 2.38. The summed E-state index contributed by atoms with van der Waals surface area (Å²) in [4.78, 5) is 74.5. The van der Waals surface area contributed by atoms with Crippen LogP contribution >= 0.6 is 15.9 Å². The molecule has 1 aliphatic heterocycles. The van der Waals surface area contributed by atoms with Crippen molar-refractivity contribution < 1.29 is 48.5 Å². The number of hydrogen-bond donors (Lipinski definition) is 6. The van der Waals surface area contributed by atoms with Crippen LogP contribution in [0, 0.1) is 39.9 Å². The summed E-state index contributed by atoms with van der Waals surface area (Å²) in [6.07, 6.45) is 9.87. The minimum Gasteiger partial charge on any atom is -0.393 e. The van der Waals surface area contributed by atoms with E-state index < -0.39 is 71.1 Å². The van der Waals surface area contributed by atoms with Crippen LogP contribution in [0.2, 0.25) is 0 Å². The molecular weight excluding hydrogens is 824 g/mol. The van der Waals surface area contributed by atoms with Gasteiger partial charge in [-0.3, -0.25) is 28.8 Å². The standard InChI is InChI=1S/C44H55BrN4O10/c1-41-10-9-28(51)12-26(41)7-8-29-30-13-34-44(33(53)22-50,42(30,2)19-32(52)38(29)41)59-40(58-34)25-5-3-23(4-6-25)11-24-15-43(16-24)17-27(18-43)48-39(57)31(14-35(46)54)49-37(56)21-47-36(55)20-45/h3-6,9-10,12,24,27,29-32,34,38,40,50,52H,7-8,11,13-22H2,1-2H3,(H2,46,54)(H,47,55)(H,48,57)(H,49,56)/t24?,27?,29-,30-,31-,32-,34+,38+,40+,41-,42-,43?,44+/m0/s1. The fourth-order valence-electron chi connectivity index (χ4n) is 12.9. The number of ketones is 2. The molecule has 1 aromatic rings. The summed E-state index contributed by atoms with van der Waals surface area (Å²) in [5, 5.41) is 30.1. The van der Waals surface area contributed by atoms with Crippen molar-refractivity contribution in [2.75, 3.05) is 18.5 Å². The SMILES string of the molecule is C[C@]12C=CC(=O)C=C1CC[C@@H]1[C@@H]2[C@@H](O)C[C@@]2(C)[C@H]1C[C@H]1O[C@@H](c3ccc(CC4CC5(C4)CC(NC(=O)[C@H](CC(N)=O)NC(=O)CNC(=O)CBr)C5)cc3)O[C@]12C(=O)CO. The first-order chi connectivity index (χ1) is 28.0. The number of nitrogens with two attached hydrogens (primary N) is 1. The summed E-state index contributed by atoms with van der Waals surface area (Å²) in [7, 11) is 0. The lowest BCUT2D eigenvalue weighted by Crippen LogP contribution is -2.63. The average molecular weight is 880 g/mol. The van der Waals surface area contributed by atoms with Gasteiger partial charge in [-0.15, -0.1) is 0 Å². The third-order valence-corrected chi connectivity index (χ3v) is 15.9. The fourth-order valence-corrected chi connectivity index (χ4v) is 13.1. The Morgan fingerprint density at radius 2 is 1.76 bits per heavy atom. The van der Waals surface area contributed by atoms with Crippen LogP contribution in [0.15, 0.2) is 48.1 Å². The highest BCUT2D eigenvalue weighted by atomic mass is 79.9. The summed E-state index contributed by atoms with van der Waals surface area (Å²) >= 11 is 3.00. The zero-order valence-corrected chi connectivity index (χ0v) is 35.1. The summed E-state index contributed by atoms with van der Waals surface area (Å²) < 4.78 is 13.4. The molecule has 0 bridgehead atoms. The van der Waals surface area contributed by atoms with Crippen molar-refractivity contribution in [1.82, 2.24) is 16.0 Å². The lowest BCUT2D eigenvalue weighted by atomic mass is 9.46. The first kappa shape index (κ1) is 42.0. The molecule has 5 saturated carbocycles. The zero-order valence-electron chi connectivity index (χ0n) is 33.5. The number of benzene rings is 1. The number of Topliss-reactive ketones (excluding diaryl/α,β-unsaturated/α-hetero) is 1. The quantitative estimate of drug-likeness (QED) is 0.159. The highest BCUT2D eigenvalue weighted by Crippen LogP contribution is 2.70. The molecule has 1 heterocycles. The van der Waals surface area contributed by atoms with E-state index >= 15 is 0 Å². The van der Waals surface area contributed by atoms with Gasteiger partial charge in [-0.2, -0.15) is 0 Å². The van der Waals surface area contributed by atoms with Gasteiger partial charge in [0.05, 0.1) is 30.5 Å². The van der Waals surface area contributed by atoms with Crippen LogP contribution in [0.25, 0.3) is 0 Å². The number of alkyl halides is 1. The molecule has 4 amide bonds. The molecule has 6 aliphatic carbocycles. The molecule has 7 N–H and O–H groups in total. The van der Waals surface area contributed by atoms with Crippen LogP contribution in [-0.2, 0) is 44.7 Å². The third-order valence-electron chi connectivity index (χ3n) is 15.3. The van der Waals surface area contributed by atoms with Crippen molar-refractivity contribution >= 4 is 51.1 Å². The number of aliphatic hydroxyl groups is 2. The number of amides is 4. The number of nitrogens with one attached hydrogen (secondary N) is 3. The van der Waals surface area contributed by atoms with E-state index in [1.807, 2.05) is 25.1 Å². The molecule has 6 fully saturated rings. The Kier molecular flexibility index (Phi) is 11.1. The van der Waals surface area contributed by atoms with Gasteiger partial charge in [0.25, 0.3) is 0 Å². The molecule has 1 spiro atoms. The van der Waals surface area contributed by atoms with E-state index in [0.29, 0.717) is 18.8 Å². The van der Waals surface area contributed by atoms with E-state index in [-0.39, 0.29) is 59.2 Å². The normalized spacial score (nSPS) is 39.3. The number of fused-ring (bicyclic) bond motifs is 7. The topological polar surface area (TPSA) is 223 Å². The van der Waals surface area contributed by atoms with Crippen LogP contribution in [0.4, 0.5) is 0 Å². The molecule has 318 valence electrons. The molecule has 8 rings (SSSR count). The number of hydrogen-bond acceptors (Lipinski definition) is 10. The van der Waals surface area contributed by atoms with Crippen molar-refractivity contribution in [3.63, 3.8) is 0 Å². The second kappa shape index (κ2) is 15.6. The Morgan fingerprint density at radius 3 is 2.44 bits per heavy atom. The molecule has 59 heavy (non-hydrogen) atoms. The maximum Gasteiger partial charge on any atom is 0.243 e. The van der Waals surface area contributed by atoms with Gasteiger partial charge in [0.15, 0.2) is 23.5 Å². The smallest absolute Gasteiger partial charge is 0.243 e. The Bertz CT molecular complexity index is 1970. The maximum atomic E-state index is 13.9. The molecule has 0 aromatic heterocycles. The molecule has 10 atom stereocenters. The number of aliphatic hydroxyl groups excluding tert-OH is 2. The first-order valence-electron chi connectivity index (χ1n) is 20.9. The largest absolute Gasteiger partial charge is 0.393 e. The number of ether oxygens (including phenoxy) is 2. The Hall–Kier alpha value is -3.76. The second-order valence-electron chi connectivity index (χ2n) is 18.9. The van der Waals surface area contributed by atoms with Gasteiger partial charge in [0.1, 0.15) is 12.6 Å². The number of carbonyl (C=O) groups is 6. The van der Waals surface area contributed by atoms with Gasteiger partial charge < -0.3 is 41.4 Å². The third kappa shape index (κ3) is 7.21. The van der Waals surface area contributed by atoms with Gasteiger partial charge in [-0.25, -0.2) is 0 Å². The number of rotatable bonds is 13. The Balaban J connectivity index is 0.855. The Morgan fingerprint density at radius 1 is 1.03 bits per heavy atom. The molecule has 1 aromatic carbocycles. The van der Waals surface area contributed by atoms with E-state index in [1.54, 1.807) is 12.2 Å². The van der Waals surface area contributed by atoms with Crippen molar-refractivity contribution in [1.29, 1.82) is 0 Å². The number of carbonyl (C=O) groups excluding carboxylic acids is 6. The van der Waals surface area contributed by atoms with E-state index in [1.165, 1.54) is 5.56 Å². The molecule has 0 unspecified atom stereocenters. The van der Waals surface area contributed by atoms with Crippen molar-refractivity contribution in [3.8, 4) is 0 Å². The Labute approximate surface area is 352 Å². The summed E-state index contributed by atoms with van der Waals surface area (Å²) in [5.74, 6) is -2.13. The van der Waals surface area contributed by atoms with Crippen molar-refractivity contribution in [3.05, 3.63) is 59.2 Å². The molecule has 7 aliphatic rings. The van der Waals surface area contributed by atoms with Gasteiger partial charge >= 0.3 is 0 Å². The van der Waals surface area contributed by atoms with Crippen LogP contribution in [-0.4, -0.2) is 93.8 Å². The van der Waals surface area contributed by atoms with E-state index in [9.17, 15) is 39.0 Å². The number of allylic oxidation sites excluding steroid dienone is 4. The summed E-state index contributed by atoms with van der Waals surface area (Å²) in [5.41, 5.74) is 5.90. The number of primary amides is 1. The number of halogens is 1. The second-order valence-corrected chi connectivity index (χ2v) is 19.4. The molecule has 1 saturated heterocycles. The van der Waals surface area contributed by atoms with Gasteiger partial charge in [0, 0.05) is 28.4 Å². The minimum atomic E-state index is -1.40. The van der Waals surface area contributed by atoms with Crippen LogP contribution < -0.4 is 21.7 Å². The van der Waals surface area contributed by atoms with Crippen molar-refractivity contribution in [2.45, 2.75) is 114 Å². The maximum absolute atomic E-state index is 13.9. The molecule has 0 radical (unpaired) electrons. The monoisotopic (exact) mass is 878 g/mol. The first-order valence-corrected chi connectivity index (χ1v) is 22.0. The highest BCUT2D eigenvalue weighted by molar-refractivity contribution is 9.09. The zero-order chi connectivity index (χ0) is 42.1.